The van der Waals surface area contributed by atoms with Gasteiger partial charge in [-0.3, -0.25) is 13.8 Å². The fraction of sp³-hybridized carbons (Fsp3) is 0.467. The highest BCUT2D eigenvalue weighted by atomic mass is 32.2. The summed E-state index contributed by atoms with van der Waals surface area (Å²) in [5.74, 6) is -1.18. The molecule has 1 saturated carbocycles. The monoisotopic (exact) mass is 309 g/mol. The van der Waals surface area contributed by atoms with E-state index in [0.29, 0.717) is 12.5 Å². The van der Waals surface area contributed by atoms with Crippen molar-refractivity contribution >= 4 is 22.7 Å². The summed E-state index contributed by atoms with van der Waals surface area (Å²) in [4.78, 5) is 22.9. The summed E-state index contributed by atoms with van der Waals surface area (Å²) in [6.07, 6.45) is 2.41. The van der Waals surface area contributed by atoms with Crippen molar-refractivity contribution in [1.82, 2.24) is 5.32 Å². The zero-order valence-electron chi connectivity index (χ0n) is 11.7. The molecule has 0 spiro atoms. The van der Waals surface area contributed by atoms with Crippen molar-refractivity contribution in [3.8, 4) is 0 Å². The van der Waals surface area contributed by atoms with Crippen molar-refractivity contribution in [1.29, 1.82) is 0 Å². The number of aliphatic carboxylic acids is 1. The van der Waals surface area contributed by atoms with Crippen molar-refractivity contribution in [2.75, 3.05) is 12.3 Å². The minimum atomic E-state index is -1.72. The smallest absolute Gasteiger partial charge is 0.319 e. The highest BCUT2D eigenvalue weighted by molar-refractivity contribution is 7.87. The summed E-state index contributed by atoms with van der Waals surface area (Å²) in [5, 5.41) is 10.9. The van der Waals surface area contributed by atoms with Crippen LogP contribution in [-0.4, -0.2) is 38.7 Å². The molecule has 2 unspecified atom stereocenters. The maximum Gasteiger partial charge on any atom is 0.319 e. The van der Waals surface area contributed by atoms with Crippen LogP contribution >= 0.6 is 0 Å². The van der Waals surface area contributed by atoms with Crippen LogP contribution in [-0.2, 0) is 26.8 Å². The topological polar surface area (TPSA) is 83.5 Å². The summed E-state index contributed by atoms with van der Waals surface area (Å²) >= 11 is 0. The molecule has 6 heteroatoms. The van der Waals surface area contributed by atoms with E-state index >= 15 is 0 Å². The van der Waals surface area contributed by atoms with E-state index in [-0.39, 0.29) is 18.1 Å². The minimum absolute atomic E-state index is 0.165. The third kappa shape index (κ3) is 5.30. The van der Waals surface area contributed by atoms with Crippen LogP contribution in [0.3, 0.4) is 0 Å². The molecule has 2 rings (SSSR count). The van der Waals surface area contributed by atoms with E-state index < -0.39 is 22.0 Å². The predicted octanol–water partition coefficient (Wildman–Crippen LogP) is 0.957. The van der Waals surface area contributed by atoms with Crippen LogP contribution in [0.2, 0.25) is 0 Å². The first kappa shape index (κ1) is 15.7. The van der Waals surface area contributed by atoms with Gasteiger partial charge in [0.15, 0.2) is 0 Å². The first-order chi connectivity index (χ1) is 10.1. The van der Waals surface area contributed by atoms with Crippen LogP contribution in [0.25, 0.3) is 0 Å². The lowest BCUT2D eigenvalue weighted by Crippen LogP contribution is -2.36. The SMILES string of the molecule is O=C(CS(=O)C(Cc1ccccc1)C(=O)O)NCC1CC1. The van der Waals surface area contributed by atoms with Gasteiger partial charge in [-0.15, -0.1) is 0 Å². The van der Waals surface area contributed by atoms with Crippen LogP contribution in [0.4, 0.5) is 0 Å². The molecular weight excluding hydrogens is 290 g/mol. The summed E-state index contributed by atoms with van der Waals surface area (Å²) < 4.78 is 12.1. The molecular formula is C15H19NO4S. The molecule has 1 amide bonds. The first-order valence-corrected chi connectivity index (χ1v) is 8.35. The molecule has 0 aliphatic heterocycles. The molecule has 0 bridgehead atoms. The van der Waals surface area contributed by atoms with Gasteiger partial charge in [0.1, 0.15) is 11.0 Å². The Hall–Kier alpha value is -1.69. The van der Waals surface area contributed by atoms with Gasteiger partial charge in [-0.25, -0.2) is 0 Å². The molecule has 1 aromatic rings. The van der Waals surface area contributed by atoms with E-state index in [2.05, 4.69) is 5.32 Å². The van der Waals surface area contributed by atoms with Gasteiger partial charge in [0, 0.05) is 17.3 Å². The largest absolute Gasteiger partial charge is 0.480 e. The van der Waals surface area contributed by atoms with Gasteiger partial charge >= 0.3 is 5.97 Å². The number of carboxylic acid groups (broad SMARTS) is 1. The Labute approximate surface area is 126 Å². The van der Waals surface area contributed by atoms with E-state index in [0.717, 1.165) is 18.4 Å². The average Bonchev–Trinajstić information content (AvgIpc) is 3.27. The molecule has 21 heavy (non-hydrogen) atoms. The minimum Gasteiger partial charge on any atom is -0.480 e. The van der Waals surface area contributed by atoms with E-state index in [1.807, 2.05) is 6.07 Å². The van der Waals surface area contributed by atoms with Gasteiger partial charge in [0.25, 0.3) is 0 Å². The van der Waals surface area contributed by atoms with Crippen molar-refractivity contribution in [3.63, 3.8) is 0 Å². The van der Waals surface area contributed by atoms with E-state index in [9.17, 15) is 18.9 Å². The van der Waals surface area contributed by atoms with Crippen LogP contribution in [0.15, 0.2) is 30.3 Å². The van der Waals surface area contributed by atoms with Crippen molar-refractivity contribution in [2.45, 2.75) is 24.5 Å². The standard InChI is InChI=1S/C15H19NO4S/c17-14(16-9-12-6-7-12)10-21(20)13(15(18)19)8-11-4-2-1-3-5-11/h1-5,12-13H,6-10H2,(H,16,17)(H,18,19). The Balaban J connectivity index is 1.88. The predicted molar refractivity (Wildman–Crippen MR) is 80.3 cm³/mol. The summed E-state index contributed by atoms with van der Waals surface area (Å²) in [6, 6.07) is 9.03. The molecule has 2 N–H and O–H groups in total. The highest BCUT2D eigenvalue weighted by Gasteiger charge is 2.27. The number of hydrogen-bond donors (Lipinski definition) is 2. The maximum atomic E-state index is 12.1. The molecule has 0 heterocycles. The number of carboxylic acids is 1. The lowest BCUT2D eigenvalue weighted by atomic mass is 10.1. The second kappa shape index (κ2) is 7.36. The van der Waals surface area contributed by atoms with Crippen LogP contribution < -0.4 is 5.32 Å². The second-order valence-corrected chi connectivity index (χ2v) is 6.91. The first-order valence-electron chi connectivity index (χ1n) is 6.97. The quantitative estimate of drug-likeness (QED) is 0.749. The number of carbonyl (C=O) groups is 2. The van der Waals surface area contributed by atoms with Gasteiger partial charge in [-0.2, -0.15) is 0 Å². The van der Waals surface area contributed by atoms with Crippen molar-refractivity contribution in [2.24, 2.45) is 5.92 Å². The Morgan fingerprint density at radius 1 is 1.29 bits per heavy atom. The number of rotatable bonds is 8. The van der Waals surface area contributed by atoms with Gasteiger partial charge in [-0.05, 0) is 30.7 Å². The van der Waals surface area contributed by atoms with Crippen molar-refractivity contribution < 1.29 is 18.9 Å². The lowest BCUT2D eigenvalue weighted by Gasteiger charge is -2.12. The van der Waals surface area contributed by atoms with Crippen LogP contribution in [0.5, 0.6) is 0 Å². The number of amides is 1. The van der Waals surface area contributed by atoms with Gasteiger partial charge in [0.2, 0.25) is 5.91 Å². The Morgan fingerprint density at radius 3 is 2.52 bits per heavy atom. The molecule has 0 radical (unpaired) electrons. The molecule has 1 aliphatic rings. The van der Waals surface area contributed by atoms with Crippen LogP contribution in [0.1, 0.15) is 18.4 Å². The maximum absolute atomic E-state index is 12.1. The Kier molecular flexibility index (Phi) is 5.50. The molecule has 5 nitrogen and oxygen atoms in total. The lowest BCUT2D eigenvalue weighted by molar-refractivity contribution is -0.136. The van der Waals surface area contributed by atoms with Gasteiger partial charge in [-0.1, -0.05) is 30.3 Å². The normalized spacial score (nSPS) is 17.0. The zero-order chi connectivity index (χ0) is 15.2. The molecule has 2 atom stereocenters. The Bertz CT molecular complexity index is 528. The summed E-state index contributed by atoms with van der Waals surface area (Å²) in [7, 11) is -1.72. The third-order valence-corrected chi connectivity index (χ3v) is 4.96. The van der Waals surface area contributed by atoms with Crippen LogP contribution in [0, 0.1) is 5.92 Å². The number of carbonyl (C=O) groups excluding carboxylic acids is 1. The number of hydrogen-bond acceptors (Lipinski definition) is 3. The molecule has 1 aliphatic carbocycles. The fourth-order valence-corrected chi connectivity index (χ4v) is 3.15. The summed E-state index contributed by atoms with van der Waals surface area (Å²) in [5.41, 5.74) is 0.802. The summed E-state index contributed by atoms with van der Waals surface area (Å²) in [6.45, 7) is 0.604. The highest BCUT2D eigenvalue weighted by Crippen LogP contribution is 2.27. The Morgan fingerprint density at radius 2 is 1.95 bits per heavy atom. The zero-order valence-corrected chi connectivity index (χ0v) is 12.5. The second-order valence-electron chi connectivity index (χ2n) is 5.29. The molecule has 0 saturated heterocycles. The molecule has 1 aromatic carbocycles. The third-order valence-electron chi connectivity index (χ3n) is 3.41. The number of nitrogens with one attached hydrogen (secondary N) is 1. The molecule has 0 aromatic heterocycles. The average molecular weight is 309 g/mol. The van der Waals surface area contributed by atoms with E-state index in [4.69, 9.17) is 0 Å². The van der Waals surface area contributed by atoms with Gasteiger partial charge in [0.05, 0.1) is 0 Å². The van der Waals surface area contributed by atoms with E-state index in [1.165, 1.54) is 0 Å². The van der Waals surface area contributed by atoms with Crippen molar-refractivity contribution in [3.05, 3.63) is 35.9 Å². The van der Waals surface area contributed by atoms with Gasteiger partial charge < -0.3 is 10.4 Å². The fourth-order valence-electron chi connectivity index (χ4n) is 1.98. The van der Waals surface area contributed by atoms with E-state index in [1.54, 1.807) is 24.3 Å². The number of benzene rings is 1. The molecule has 114 valence electrons. The molecule has 1 fully saturated rings.